The van der Waals surface area contributed by atoms with Gasteiger partial charge in [-0.15, -0.1) is 12.4 Å². The Bertz CT molecular complexity index is 317. The molecule has 0 amide bonds. The third-order valence-electron chi connectivity index (χ3n) is 1.93. The minimum absolute atomic E-state index is 0. The van der Waals surface area contributed by atoms with E-state index >= 15 is 0 Å². The number of likely N-dealkylation sites (N-methyl/N-ethyl adjacent to an activating group) is 1. The lowest BCUT2D eigenvalue weighted by atomic mass is 10.4. The molecule has 1 heterocycles. The van der Waals surface area contributed by atoms with E-state index in [1.807, 2.05) is 11.9 Å². The van der Waals surface area contributed by atoms with Crippen LogP contribution in [0.2, 0.25) is 0 Å². The molecule has 1 saturated heterocycles. The van der Waals surface area contributed by atoms with Crippen LogP contribution in [-0.4, -0.2) is 50.8 Å². The van der Waals surface area contributed by atoms with Gasteiger partial charge in [0.15, 0.2) is 0 Å². The van der Waals surface area contributed by atoms with E-state index in [9.17, 15) is 8.42 Å². The van der Waals surface area contributed by atoms with E-state index in [4.69, 9.17) is 5.53 Å². The molecule has 82 valence electrons. The largest absolute Gasteiger partial charge is 0.304 e. The van der Waals surface area contributed by atoms with Crippen molar-refractivity contribution in [2.45, 2.75) is 0 Å². The van der Waals surface area contributed by atoms with E-state index in [0.29, 0.717) is 26.2 Å². The highest BCUT2D eigenvalue weighted by Gasteiger charge is 2.24. The number of piperazine rings is 1. The Kier molecular flexibility index (Phi) is 5.17. The van der Waals surface area contributed by atoms with Crippen molar-refractivity contribution in [1.29, 1.82) is 0 Å². The minimum Gasteiger partial charge on any atom is -0.304 e. The molecular formula is C5H12ClN5O2S. The van der Waals surface area contributed by atoms with Crippen molar-refractivity contribution in [2.24, 2.45) is 4.52 Å². The van der Waals surface area contributed by atoms with Crippen LogP contribution in [0, 0.1) is 0 Å². The number of halogens is 1. The van der Waals surface area contributed by atoms with Crippen molar-refractivity contribution >= 4 is 22.6 Å². The zero-order chi connectivity index (χ0) is 9.90. The van der Waals surface area contributed by atoms with Gasteiger partial charge in [-0.3, -0.25) is 0 Å². The van der Waals surface area contributed by atoms with E-state index in [2.05, 4.69) is 9.43 Å². The highest BCUT2D eigenvalue weighted by Crippen LogP contribution is 2.07. The van der Waals surface area contributed by atoms with E-state index in [-0.39, 0.29) is 12.4 Å². The lowest BCUT2D eigenvalue weighted by Crippen LogP contribution is -2.46. The molecule has 0 unspecified atom stereocenters. The second-order valence-corrected chi connectivity index (χ2v) is 4.43. The Morgan fingerprint density at radius 1 is 1.29 bits per heavy atom. The summed E-state index contributed by atoms with van der Waals surface area (Å²) in [6.45, 7) is 2.11. The molecule has 1 rings (SSSR count). The lowest BCUT2D eigenvalue weighted by Gasteiger charge is -2.29. The van der Waals surface area contributed by atoms with Crippen LogP contribution in [0.25, 0.3) is 10.4 Å². The van der Waals surface area contributed by atoms with Crippen LogP contribution in [0.15, 0.2) is 4.52 Å². The molecule has 0 aromatic heterocycles. The molecule has 0 saturated carbocycles. The fourth-order valence-corrected chi connectivity index (χ4v) is 1.94. The molecular weight excluding hydrogens is 230 g/mol. The molecule has 1 aliphatic heterocycles. The Hall–Kier alpha value is -0.530. The van der Waals surface area contributed by atoms with Crippen molar-refractivity contribution in [1.82, 2.24) is 9.21 Å². The first kappa shape index (κ1) is 13.5. The summed E-state index contributed by atoms with van der Waals surface area (Å²) in [5.41, 5.74) is 8.03. The predicted molar refractivity (Wildman–Crippen MR) is 54.4 cm³/mol. The zero-order valence-corrected chi connectivity index (χ0v) is 9.33. The Morgan fingerprint density at radius 3 is 2.21 bits per heavy atom. The predicted octanol–water partition coefficient (Wildman–Crippen LogP) is 0.211. The zero-order valence-electron chi connectivity index (χ0n) is 7.70. The fraction of sp³-hybridized carbons (Fsp3) is 1.00. The molecule has 1 fully saturated rings. The first-order valence-electron chi connectivity index (χ1n) is 3.81. The Morgan fingerprint density at radius 2 is 1.79 bits per heavy atom. The summed E-state index contributed by atoms with van der Waals surface area (Å²) in [5.74, 6) is 0. The minimum atomic E-state index is -3.74. The van der Waals surface area contributed by atoms with Gasteiger partial charge < -0.3 is 4.90 Å². The van der Waals surface area contributed by atoms with Crippen LogP contribution in [0.1, 0.15) is 0 Å². The van der Waals surface area contributed by atoms with E-state index in [1.54, 1.807) is 0 Å². The van der Waals surface area contributed by atoms with Gasteiger partial charge in [0.2, 0.25) is 0 Å². The van der Waals surface area contributed by atoms with Gasteiger partial charge in [0, 0.05) is 35.6 Å². The quantitative estimate of drug-likeness (QED) is 0.393. The fourth-order valence-electron chi connectivity index (χ4n) is 1.12. The second kappa shape index (κ2) is 5.38. The summed E-state index contributed by atoms with van der Waals surface area (Å²) < 4.78 is 26.3. The van der Waals surface area contributed by atoms with Crippen molar-refractivity contribution < 1.29 is 8.42 Å². The monoisotopic (exact) mass is 241 g/mol. The molecule has 0 bridgehead atoms. The summed E-state index contributed by atoms with van der Waals surface area (Å²) in [4.78, 5) is 4.30. The van der Waals surface area contributed by atoms with Crippen molar-refractivity contribution in [3.05, 3.63) is 10.4 Å². The summed E-state index contributed by atoms with van der Waals surface area (Å²) in [7, 11) is -1.83. The average Bonchev–Trinajstić information content (AvgIpc) is 2.05. The SMILES string of the molecule is CN1CCN(S(=O)(=O)N=[N+]=[N-])CC1.Cl. The maximum Gasteiger partial charge on any atom is 0.302 e. The van der Waals surface area contributed by atoms with Crippen molar-refractivity contribution in [3.63, 3.8) is 0 Å². The molecule has 0 radical (unpaired) electrons. The van der Waals surface area contributed by atoms with Gasteiger partial charge in [0.25, 0.3) is 0 Å². The molecule has 7 nitrogen and oxygen atoms in total. The Labute approximate surface area is 88.9 Å². The molecule has 0 N–H and O–H groups in total. The van der Waals surface area contributed by atoms with Crippen LogP contribution in [0.3, 0.4) is 0 Å². The summed E-state index contributed by atoms with van der Waals surface area (Å²) >= 11 is 0. The van der Waals surface area contributed by atoms with Gasteiger partial charge in [-0.2, -0.15) is 4.31 Å². The number of hydrogen-bond acceptors (Lipinski definition) is 3. The maximum atomic E-state index is 11.2. The summed E-state index contributed by atoms with van der Waals surface area (Å²) in [6.07, 6.45) is 0. The van der Waals surface area contributed by atoms with Gasteiger partial charge in [-0.05, 0) is 12.6 Å². The second-order valence-electron chi connectivity index (χ2n) is 2.85. The van der Waals surface area contributed by atoms with Gasteiger partial charge in [-0.1, -0.05) is 0 Å². The van der Waals surface area contributed by atoms with Crippen LogP contribution in [-0.2, 0) is 10.2 Å². The highest BCUT2D eigenvalue weighted by molar-refractivity contribution is 7.87. The van der Waals surface area contributed by atoms with Crippen LogP contribution < -0.4 is 0 Å². The lowest BCUT2D eigenvalue weighted by molar-refractivity contribution is 0.222. The molecule has 1 aliphatic rings. The number of azide groups is 1. The average molecular weight is 242 g/mol. The van der Waals surface area contributed by atoms with Crippen LogP contribution >= 0.6 is 12.4 Å². The third kappa shape index (κ3) is 3.32. The molecule has 0 spiro atoms. The topological polar surface area (TPSA) is 89.4 Å². The number of rotatable bonds is 2. The number of nitrogens with zero attached hydrogens (tertiary/aromatic N) is 5. The van der Waals surface area contributed by atoms with E-state index < -0.39 is 10.2 Å². The summed E-state index contributed by atoms with van der Waals surface area (Å²) in [5, 5.41) is 0. The Balaban J connectivity index is 0.00000169. The van der Waals surface area contributed by atoms with Gasteiger partial charge in [0.05, 0.1) is 0 Å². The molecule has 9 heteroatoms. The van der Waals surface area contributed by atoms with E-state index in [0.717, 1.165) is 0 Å². The number of hydrogen-bond donors (Lipinski definition) is 0. The molecule has 0 aromatic rings. The smallest absolute Gasteiger partial charge is 0.302 e. The molecule has 0 atom stereocenters. The van der Waals surface area contributed by atoms with E-state index in [1.165, 1.54) is 4.31 Å². The molecule has 0 aromatic carbocycles. The van der Waals surface area contributed by atoms with Crippen LogP contribution in [0.4, 0.5) is 0 Å². The van der Waals surface area contributed by atoms with Crippen molar-refractivity contribution in [2.75, 3.05) is 33.2 Å². The molecule has 14 heavy (non-hydrogen) atoms. The summed E-state index contributed by atoms with van der Waals surface area (Å²) in [6, 6.07) is 0. The van der Waals surface area contributed by atoms with Gasteiger partial charge >= 0.3 is 10.2 Å². The first-order chi connectivity index (χ1) is 6.06. The van der Waals surface area contributed by atoms with Gasteiger partial charge in [0.1, 0.15) is 0 Å². The standard InChI is InChI=1S/C5H11N5O2S.ClH/c1-9-2-4-10(5-3-9)13(11,12)8-7-6;/h2-5H2,1H3;1H. The normalized spacial score (nSPS) is 19.5. The van der Waals surface area contributed by atoms with Gasteiger partial charge in [-0.25, -0.2) is 8.42 Å². The molecule has 0 aliphatic carbocycles. The van der Waals surface area contributed by atoms with Crippen LogP contribution in [0.5, 0.6) is 0 Å². The maximum absolute atomic E-state index is 11.2. The highest BCUT2D eigenvalue weighted by atomic mass is 35.5. The van der Waals surface area contributed by atoms with Crippen molar-refractivity contribution in [3.8, 4) is 0 Å². The third-order valence-corrected chi connectivity index (χ3v) is 3.23. The first-order valence-corrected chi connectivity index (χ1v) is 5.21.